The molecule has 0 atom stereocenters. The summed E-state index contributed by atoms with van der Waals surface area (Å²) in [5, 5.41) is 0. The number of carbonyl (C=O) groups excluding carboxylic acids is 2. The zero-order chi connectivity index (χ0) is 15.1. The summed E-state index contributed by atoms with van der Waals surface area (Å²) in [5.74, 6) is -0.00673. The van der Waals surface area contributed by atoms with E-state index in [2.05, 4.69) is 0 Å². The number of ether oxygens (including phenoxy) is 1. The van der Waals surface area contributed by atoms with Crippen molar-refractivity contribution in [2.24, 2.45) is 11.7 Å². The average Bonchev–Trinajstić information content (AvgIpc) is 2.43. The molecule has 1 fully saturated rings. The van der Waals surface area contributed by atoms with Gasteiger partial charge in [0.05, 0.1) is 13.2 Å². The Morgan fingerprint density at radius 1 is 1.20 bits per heavy atom. The summed E-state index contributed by atoms with van der Waals surface area (Å²) < 4.78 is 5.03. The van der Waals surface area contributed by atoms with Gasteiger partial charge in [-0.3, -0.25) is 9.59 Å². The standard InChI is InChI=1S/C14H27N3O3/c1-16(2)13(18)10-17(8-9-20-3)14(19)11-4-6-12(15)7-5-11/h11-12H,4-10,15H2,1-3H3. The van der Waals surface area contributed by atoms with E-state index in [4.69, 9.17) is 10.5 Å². The minimum absolute atomic E-state index is 0.00150. The van der Waals surface area contributed by atoms with Gasteiger partial charge in [0, 0.05) is 39.7 Å². The molecular formula is C14H27N3O3. The van der Waals surface area contributed by atoms with Gasteiger partial charge in [-0.2, -0.15) is 0 Å². The predicted octanol–water partition coefficient (Wildman–Crippen LogP) is 0.0671. The highest BCUT2D eigenvalue weighted by Gasteiger charge is 2.29. The van der Waals surface area contributed by atoms with Crippen molar-refractivity contribution in [2.45, 2.75) is 31.7 Å². The number of nitrogens with zero attached hydrogens (tertiary/aromatic N) is 2. The van der Waals surface area contributed by atoms with Crippen molar-refractivity contribution >= 4 is 11.8 Å². The van der Waals surface area contributed by atoms with Crippen LogP contribution in [-0.4, -0.2) is 68.6 Å². The van der Waals surface area contributed by atoms with Crippen molar-refractivity contribution < 1.29 is 14.3 Å². The molecule has 6 heteroatoms. The first-order valence-corrected chi connectivity index (χ1v) is 7.19. The van der Waals surface area contributed by atoms with Crippen molar-refractivity contribution in [3.8, 4) is 0 Å². The number of hydrogen-bond acceptors (Lipinski definition) is 4. The summed E-state index contributed by atoms with van der Waals surface area (Å²) in [7, 11) is 4.98. The van der Waals surface area contributed by atoms with E-state index < -0.39 is 0 Å². The van der Waals surface area contributed by atoms with Crippen molar-refractivity contribution in [2.75, 3.05) is 40.9 Å². The van der Waals surface area contributed by atoms with Gasteiger partial charge in [0.25, 0.3) is 0 Å². The molecule has 2 amide bonds. The summed E-state index contributed by atoms with van der Waals surface area (Å²) in [6.07, 6.45) is 3.41. The fourth-order valence-electron chi connectivity index (χ4n) is 2.40. The first kappa shape index (κ1) is 16.9. The van der Waals surface area contributed by atoms with Gasteiger partial charge in [0.1, 0.15) is 0 Å². The highest BCUT2D eigenvalue weighted by Crippen LogP contribution is 2.25. The second-order valence-corrected chi connectivity index (χ2v) is 5.65. The first-order valence-electron chi connectivity index (χ1n) is 7.19. The largest absolute Gasteiger partial charge is 0.383 e. The molecule has 1 rings (SSSR count). The van der Waals surface area contributed by atoms with E-state index >= 15 is 0 Å². The molecule has 0 aromatic rings. The van der Waals surface area contributed by atoms with Crippen LogP contribution in [0.2, 0.25) is 0 Å². The van der Waals surface area contributed by atoms with Gasteiger partial charge in [0.15, 0.2) is 0 Å². The van der Waals surface area contributed by atoms with Crippen LogP contribution in [0, 0.1) is 5.92 Å². The Balaban J connectivity index is 2.61. The molecule has 1 aliphatic carbocycles. The topological polar surface area (TPSA) is 75.9 Å². The monoisotopic (exact) mass is 285 g/mol. The normalized spacial score (nSPS) is 22.4. The average molecular weight is 285 g/mol. The molecule has 0 heterocycles. The van der Waals surface area contributed by atoms with Crippen LogP contribution in [0.15, 0.2) is 0 Å². The SMILES string of the molecule is COCCN(CC(=O)N(C)C)C(=O)C1CCC(N)CC1. The lowest BCUT2D eigenvalue weighted by atomic mass is 9.85. The Labute approximate surface area is 121 Å². The maximum absolute atomic E-state index is 12.5. The number of amides is 2. The zero-order valence-corrected chi connectivity index (χ0v) is 12.8. The Hall–Kier alpha value is -1.14. The predicted molar refractivity (Wildman–Crippen MR) is 77.1 cm³/mol. The van der Waals surface area contributed by atoms with Crippen LogP contribution < -0.4 is 5.73 Å². The van der Waals surface area contributed by atoms with Crippen molar-refractivity contribution in [1.29, 1.82) is 0 Å². The number of hydrogen-bond donors (Lipinski definition) is 1. The fraction of sp³-hybridized carbons (Fsp3) is 0.857. The Morgan fingerprint density at radius 3 is 2.30 bits per heavy atom. The number of rotatable bonds is 6. The highest BCUT2D eigenvalue weighted by atomic mass is 16.5. The van der Waals surface area contributed by atoms with Crippen LogP contribution in [0.3, 0.4) is 0 Å². The summed E-state index contributed by atoms with van der Waals surface area (Å²) in [6, 6.07) is 0.217. The van der Waals surface area contributed by atoms with Crippen LogP contribution >= 0.6 is 0 Å². The highest BCUT2D eigenvalue weighted by molar-refractivity contribution is 5.85. The van der Waals surface area contributed by atoms with Gasteiger partial charge in [-0.05, 0) is 25.7 Å². The van der Waals surface area contributed by atoms with E-state index in [0.717, 1.165) is 25.7 Å². The molecule has 116 valence electrons. The molecule has 20 heavy (non-hydrogen) atoms. The lowest BCUT2D eigenvalue weighted by Gasteiger charge is -2.31. The molecule has 2 N–H and O–H groups in total. The Morgan fingerprint density at radius 2 is 1.80 bits per heavy atom. The summed E-state index contributed by atoms with van der Waals surface area (Å²) in [5.41, 5.74) is 5.87. The van der Waals surface area contributed by atoms with Crippen LogP contribution in [0.25, 0.3) is 0 Å². The van der Waals surface area contributed by atoms with Gasteiger partial charge in [0.2, 0.25) is 11.8 Å². The van der Waals surface area contributed by atoms with E-state index in [9.17, 15) is 9.59 Å². The number of nitrogens with two attached hydrogens (primary N) is 1. The van der Waals surface area contributed by atoms with Gasteiger partial charge < -0.3 is 20.3 Å². The van der Waals surface area contributed by atoms with Gasteiger partial charge in [-0.25, -0.2) is 0 Å². The molecule has 0 radical (unpaired) electrons. The molecule has 0 bridgehead atoms. The third-order valence-electron chi connectivity index (χ3n) is 3.82. The lowest BCUT2D eigenvalue weighted by Crippen LogP contribution is -2.45. The molecule has 0 unspecified atom stereocenters. The van der Waals surface area contributed by atoms with Crippen LogP contribution in [0.5, 0.6) is 0 Å². The number of carbonyl (C=O) groups is 2. The van der Waals surface area contributed by atoms with E-state index in [1.165, 1.54) is 4.90 Å². The summed E-state index contributed by atoms with van der Waals surface area (Å²) in [4.78, 5) is 27.5. The minimum atomic E-state index is -0.0676. The van der Waals surface area contributed by atoms with Gasteiger partial charge >= 0.3 is 0 Å². The Kier molecular flexibility index (Phi) is 6.95. The fourth-order valence-corrected chi connectivity index (χ4v) is 2.40. The molecule has 1 saturated carbocycles. The second-order valence-electron chi connectivity index (χ2n) is 5.65. The van der Waals surface area contributed by atoms with E-state index in [1.807, 2.05) is 0 Å². The van der Waals surface area contributed by atoms with Crippen LogP contribution in [0.1, 0.15) is 25.7 Å². The van der Waals surface area contributed by atoms with E-state index in [1.54, 1.807) is 26.1 Å². The molecule has 6 nitrogen and oxygen atoms in total. The zero-order valence-electron chi connectivity index (χ0n) is 12.8. The van der Waals surface area contributed by atoms with Gasteiger partial charge in [-0.1, -0.05) is 0 Å². The lowest BCUT2D eigenvalue weighted by molar-refractivity contribution is -0.143. The molecule has 0 aromatic heterocycles. The third-order valence-corrected chi connectivity index (χ3v) is 3.82. The molecule has 1 aliphatic rings. The van der Waals surface area contributed by atoms with Gasteiger partial charge in [-0.15, -0.1) is 0 Å². The van der Waals surface area contributed by atoms with Crippen LogP contribution in [-0.2, 0) is 14.3 Å². The molecule has 0 saturated heterocycles. The smallest absolute Gasteiger partial charge is 0.241 e. The van der Waals surface area contributed by atoms with Crippen molar-refractivity contribution in [3.63, 3.8) is 0 Å². The van der Waals surface area contributed by atoms with E-state index in [0.29, 0.717) is 13.2 Å². The molecule has 0 aliphatic heterocycles. The summed E-state index contributed by atoms with van der Waals surface area (Å²) >= 11 is 0. The number of methoxy groups -OCH3 is 1. The molecule has 0 spiro atoms. The van der Waals surface area contributed by atoms with E-state index in [-0.39, 0.29) is 30.3 Å². The molecular weight excluding hydrogens is 258 g/mol. The maximum atomic E-state index is 12.5. The maximum Gasteiger partial charge on any atom is 0.241 e. The quantitative estimate of drug-likeness (QED) is 0.749. The second kappa shape index (κ2) is 8.21. The van der Waals surface area contributed by atoms with Crippen molar-refractivity contribution in [1.82, 2.24) is 9.80 Å². The first-order chi connectivity index (χ1) is 9.45. The minimum Gasteiger partial charge on any atom is -0.383 e. The van der Waals surface area contributed by atoms with Crippen LogP contribution in [0.4, 0.5) is 0 Å². The van der Waals surface area contributed by atoms with Crippen molar-refractivity contribution in [3.05, 3.63) is 0 Å². The Bertz CT molecular complexity index is 326. The number of likely N-dealkylation sites (N-methyl/N-ethyl adjacent to an activating group) is 1. The summed E-state index contributed by atoms with van der Waals surface area (Å²) in [6.45, 7) is 1.02. The molecule has 0 aromatic carbocycles. The third kappa shape index (κ3) is 5.09.